The number of carbonyl (C=O) groups is 1. The van der Waals surface area contributed by atoms with Crippen LogP contribution in [0.2, 0.25) is 0 Å². The first-order chi connectivity index (χ1) is 13.6. The molecule has 0 aliphatic heterocycles. The number of carbonyl (C=O) groups excluding carboxylic acids is 1. The monoisotopic (exact) mass is 392 g/mol. The maximum atomic E-state index is 12.4. The number of furan rings is 1. The fourth-order valence-electron chi connectivity index (χ4n) is 3.03. The summed E-state index contributed by atoms with van der Waals surface area (Å²) in [6.45, 7) is 1.99. The van der Waals surface area contributed by atoms with E-state index in [2.05, 4.69) is 45.8 Å². The van der Waals surface area contributed by atoms with Crippen molar-refractivity contribution in [3.63, 3.8) is 0 Å². The van der Waals surface area contributed by atoms with Gasteiger partial charge >= 0.3 is 0 Å². The zero-order valence-corrected chi connectivity index (χ0v) is 16.4. The Morgan fingerprint density at radius 3 is 2.75 bits per heavy atom. The summed E-state index contributed by atoms with van der Waals surface area (Å²) in [5, 5.41) is 14.4. The maximum Gasteiger partial charge on any atom is 0.230 e. The molecular formula is C21H20N4O2S. The van der Waals surface area contributed by atoms with E-state index in [4.69, 9.17) is 4.42 Å². The molecule has 0 aliphatic rings. The molecule has 4 aromatic rings. The predicted molar refractivity (Wildman–Crippen MR) is 110 cm³/mol. The Kier molecular flexibility index (Phi) is 5.16. The Hall–Kier alpha value is -3.06. The first-order valence-electron chi connectivity index (χ1n) is 8.96. The quantitative estimate of drug-likeness (QED) is 0.498. The molecule has 2 aromatic heterocycles. The number of hydrogen-bond donors (Lipinski definition) is 1. The molecule has 0 unspecified atom stereocenters. The number of amides is 1. The van der Waals surface area contributed by atoms with Gasteiger partial charge in [0.05, 0.1) is 18.1 Å². The molecule has 7 heteroatoms. The number of nitrogens with one attached hydrogen (secondary N) is 1. The zero-order chi connectivity index (χ0) is 19.5. The molecule has 142 valence electrons. The van der Waals surface area contributed by atoms with Crippen LogP contribution in [0.5, 0.6) is 0 Å². The molecule has 1 atom stereocenters. The Labute approximate surface area is 167 Å². The Morgan fingerprint density at radius 1 is 1.14 bits per heavy atom. The second-order valence-electron chi connectivity index (χ2n) is 6.53. The van der Waals surface area contributed by atoms with E-state index < -0.39 is 0 Å². The van der Waals surface area contributed by atoms with Crippen LogP contribution in [-0.4, -0.2) is 26.4 Å². The molecule has 0 bridgehead atoms. The number of hydrogen-bond acceptors (Lipinski definition) is 5. The molecular weight excluding hydrogens is 372 g/mol. The molecule has 28 heavy (non-hydrogen) atoms. The number of thioether (sulfide) groups is 1. The highest BCUT2D eigenvalue weighted by Crippen LogP contribution is 2.23. The predicted octanol–water partition coefficient (Wildman–Crippen LogP) is 4.20. The normalized spacial score (nSPS) is 12.2. The fraction of sp³-hybridized carbons (Fsp3) is 0.190. The van der Waals surface area contributed by atoms with Gasteiger partial charge in [-0.3, -0.25) is 4.79 Å². The van der Waals surface area contributed by atoms with E-state index in [0.717, 1.165) is 5.56 Å². The highest BCUT2D eigenvalue weighted by atomic mass is 32.2. The molecule has 6 nitrogen and oxygen atoms in total. The average Bonchev–Trinajstić information content (AvgIpc) is 3.35. The minimum atomic E-state index is -0.0733. The number of fused-ring (bicyclic) bond motifs is 1. The molecule has 1 amide bonds. The Balaban J connectivity index is 1.37. The van der Waals surface area contributed by atoms with Crippen molar-refractivity contribution < 1.29 is 9.21 Å². The summed E-state index contributed by atoms with van der Waals surface area (Å²) < 4.78 is 7.18. The van der Waals surface area contributed by atoms with Crippen LogP contribution in [0.25, 0.3) is 22.4 Å². The third-order valence-corrected chi connectivity index (χ3v) is 5.58. The third-order valence-electron chi connectivity index (χ3n) is 4.56. The number of aromatic nitrogens is 3. The van der Waals surface area contributed by atoms with Crippen molar-refractivity contribution in [2.75, 3.05) is 5.75 Å². The average molecular weight is 392 g/mol. The van der Waals surface area contributed by atoms with Gasteiger partial charge < -0.3 is 14.3 Å². The lowest BCUT2D eigenvalue weighted by Gasteiger charge is -2.15. The standard InChI is InChI=1S/C21H20N4O2S/c1-14(16-10-9-15-6-3-4-7-17(15)12-16)22-19(26)13-28-21-24-23-20(25(21)2)18-8-5-11-27-18/h3-12,14H,13H2,1-2H3,(H,22,26)/t14-/m0/s1. The summed E-state index contributed by atoms with van der Waals surface area (Å²) in [5.41, 5.74) is 1.08. The molecule has 2 heterocycles. The minimum absolute atomic E-state index is 0.0480. The van der Waals surface area contributed by atoms with Crippen molar-refractivity contribution in [2.24, 2.45) is 7.05 Å². The van der Waals surface area contributed by atoms with Crippen molar-refractivity contribution in [3.8, 4) is 11.6 Å². The topological polar surface area (TPSA) is 73.0 Å². The SMILES string of the molecule is C[C@H](NC(=O)CSc1nnc(-c2ccco2)n1C)c1ccc2ccccc2c1. The summed E-state index contributed by atoms with van der Waals surface area (Å²) >= 11 is 1.35. The molecule has 0 aliphatic carbocycles. The van der Waals surface area contributed by atoms with Crippen LogP contribution >= 0.6 is 11.8 Å². The summed E-state index contributed by atoms with van der Waals surface area (Å²) in [4.78, 5) is 12.4. The van der Waals surface area contributed by atoms with E-state index in [-0.39, 0.29) is 17.7 Å². The number of benzene rings is 2. The number of nitrogens with zero attached hydrogens (tertiary/aromatic N) is 3. The fourth-order valence-corrected chi connectivity index (χ4v) is 3.76. The van der Waals surface area contributed by atoms with E-state index in [9.17, 15) is 4.79 Å². The molecule has 0 saturated heterocycles. The van der Waals surface area contributed by atoms with Crippen LogP contribution < -0.4 is 5.32 Å². The lowest BCUT2D eigenvalue weighted by atomic mass is 10.0. The van der Waals surface area contributed by atoms with E-state index in [1.807, 2.05) is 36.7 Å². The summed E-state index contributed by atoms with van der Waals surface area (Å²) in [5.74, 6) is 1.50. The van der Waals surface area contributed by atoms with Gasteiger partial charge in [-0.05, 0) is 41.5 Å². The van der Waals surface area contributed by atoms with Crippen molar-refractivity contribution in [3.05, 3.63) is 66.4 Å². The lowest BCUT2D eigenvalue weighted by Crippen LogP contribution is -2.28. The van der Waals surface area contributed by atoms with Crippen LogP contribution in [0.15, 0.2) is 70.4 Å². The lowest BCUT2D eigenvalue weighted by molar-refractivity contribution is -0.119. The van der Waals surface area contributed by atoms with E-state index >= 15 is 0 Å². The van der Waals surface area contributed by atoms with Crippen molar-refractivity contribution in [2.45, 2.75) is 18.1 Å². The second-order valence-corrected chi connectivity index (χ2v) is 7.47. The Morgan fingerprint density at radius 2 is 1.96 bits per heavy atom. The second kappa shape index (κ2) is 7.90. The highest BCUT2D eigenvalue weighted by Gasteiger charge is 2.16. The Bertz CT molecular complexity index is 1100. The molecule has 0 fully saturated rings. The van der Waals surface area contributed by atoms with Gasteiger partial charge in [0.25, 0.3) is 0 Å². The minimum Gasteiger partial charge on any atom is -0.461 e. The van der Waals surface area contributed by atoms with E-state index in [0.29, 0.717) is 16.7 Å². The van der Waals surface area contributed by atoms with Crippen molar-refractivity contribution in [1.29, 1.82) is 0 Å². The molecule has 4 rings (SSSR count). The largest absolute Gasteiger partial charge is 0.461 e. The molecule has 1 N–H and O–H groups in total. The van der Waals surface area contributed by atoms with Crippen LogP contribution in [0.1, 0.15) is 18.5 Å². The first kappa shape index (κ1) is 18.3. The molecule has 0 saturated carbocycles. The summed E-state index contributed by atoms with van der Waals surface area (Å²) in [6.07, 6.45) is 1.60. The van der Waals surface area contributed by atoms with Gasteiger partial charge in [-0.25, -0.2) is 0 Å². The van der Waals surface area contributed by atoms with Gasteiger partial charge in [0.15, 0.2) is 16.7 Å². The summed E-state index contributed by atoms with van der Waals surface area (Å²) in [6, 6.07) is 18.0. The van der Waals surface area contributed by atoms with Gasteiger partial charge in [-0.1, -0.05) is 48.2 Å². The molecule has 2 aromatic carbocycles. The van der Waals surface area contributed by atoms with Crippen molar-refractivity contribution in [1.82, 2.24) is 20.1 Å². The van der Waals surface area contributed by atoms with Gasteiger partial charge in [0.1, 0.15) is 0 Å². The third kappa shape index (κ3) is 3.80. The highest BCUT2D eigenvalue weighted by molar-refractivity contribution is 7.99. The smallest absolute Gasteiger partial charge is 0.230 e. The van der Waals surface area contributed by atoms with Crippen LogP contribution in [0.3, 0.4) is 0 Å². The van der Waals surface area contributed by atoms with E-state index in [1.165, 1.54) is 22.5 Å². The van der Waals surface area contributed by atoms with E-state index in [1.54, 1.807) is 12.3 Å². The maximum absolute atomic E-state index is 12.4. The van der Waals surface area contributed by atoms with Crippen LogP contribution in [0, 0.1) is 0 Å². The van der Waals surface area contributed by atoms with Crippen LogP contribution in [-0.2, 0) is 11.8 Å². The van der Waals surface area contributed by atoms with Gasteiger partial charge in [0.2, 0.25) is 5.91 Å². The number of rotatable bonds is 6. The first-order valence-corrected chi connectivity index (χ1v) is 9.94. The zero-order valence-electron chi connectivity index (χ0n) is 15.6. The molecule has 0 radical (unpaired) electrons. The summed E-state index contributed by atoms with van der Waals surface area (Å²) in [7, 11) is 1.86. The molecule has 0 spiro atoms. The van der Waals surface area contributed by atoms with Crippen LogP contribution in [0.4, 0.5) is 0 Å². The van der Waals surface area contributed by atoms with Gasteiger partial charge in [-0.15, -0.1) is 10.2 Å². The van der Waals surface area contributed by atoms with Gasteiger partial charge in [-0.2, -0.15) is 0 Å². The van der Waals surface area contributed by atoms with Gasteiger partial charge in [0, 0.05) is 7.05 Å². The van der Waals surface area contributed by atoms with Crippen molar-refractivity contribution >= 4 is 28.4 Å².